The minimum absolute atomic E-state index is 0.277. The smallest absolute Gasteiger partial charge is 0.127 e. The number of aryl methyl sites for hydroxylation is 1. The number of alkyl halides is 1. The standard InChI is InChI=1S/C15H13Cl2F/c1-10-5-2-3-6-11(10)14(17)9-12-13(16)7-4-8-15(12)18/h2-8,14H,9H2,1H3. The molecule has 0 aliphatic heterocycles. The van der Waals surface area contributed by atoms with Gasteiger partial charge in [-0.2, -0.15) is 0 Å². The Balaban J connectivity index is 2.27. The van der Waals surface area contributed by atoms with Gasteiger partial charge in [0.05, 0.1) is 5.38 Å². The first kappa shape index (κ1) is 13.4. The van der Waals surface area contributed by atoms with Crippen LogP contribution < -0.4 is 0 Å². The molecule has 0 aliphatic rings. The van der Waals surface area contributed by atoms with Crippen LogP contribution in [-0.2, 0) is 6.42 Å². The Kier molecular flexibility index (Phi) is 4.26. The molecule has 0 saturated carbocycles. The van der Waals surface area contributed by atoms with Crippen molar-refractivity contribution in [3.05, 3.63) is 70.0 Å². The van der Waals surface area contributed by atoms with Gasteiger partial charge in [-0.3, -0.25) is 0 Å². The number of benzene rings is 2. The zero-order valence-electron chi connectivity index (χ0n) is 9.96. The van der Waals surface area contributed by atoms with E-state index in [1.807, 2.05) is 31.2 Å². The Bertz CT molecular complexity index is 532. The fourth-order valence-electron chi connectivity index (χ4n) is 1.95. The lowest BCUT2D eigenvalue weighted by molar-refractivity contribution is 0.607. The second-order valence-electron chi connectivity index (χ2n) is 4.23. The van der Waals surface area contributed by atoms with Crippen molar-refractivity contribution in [3.8, 4) is 0 Å². The maximum atomic E-state index is 13.7. The summed E-state index contributed by atoms with van der Waals surface area (Å²) < 4.78 is 13.7. The van der Waals surface area contributed by atoms with Gasteiger partial charge in [0, 0.05) is 10.6 Å². The highest BCUT2D eigenvalue weighted by Crippen LogP contribution is 2.31. The van der Waals surface area contributed by atoms with Crippen LogP contribution in [-0.4, -0.2) is 0 Å². The van der Waals surface area contributed by atoms with Crippen molar-refractivity contribution in [2.75, 3.05) is 0 Å². The average molecular weight is 283 g/mol. The van der Waals surface area contributed by atoms with Crippen LogP contribution in [0, 0.1) is 12.7 Å². The van der Waals surface area contributed by atoms with Crippen LogP contribution >= 0.6 is 23.2 Å². The number of hydrogen-bond donors (Lipinski definition) is 0. The van der Waals surface area contributed by atoms with Crippen LogP contribution in [0.1, 0.15) is 22.1 Å². The summed E-state index contributed by atoms with van der Waals surface area (Å²) >= 11 is 12.4. The van der Waals surface area contributed by atoms with E-state index in [1.54, 1.807) is 12.1 Å². The molecular formula is C15H13Cl2F. The molecule has 0 heterocycles. The molecule has 0 nitrogen and oxygen atoms in total. The summed E-state index contributed by atoms with van der Waals surface area (Å²) in [7, 11) is 0. The fraction of sp³-hybridized carbons (Fsp3) is 0.200. The summed E-state index contributed by atoms with van der Waals surface area (Å²) in [4.78, 5) is 0. The third kappa shape index (κ3) is 2.85. The van der Waals surface area contributed by atoms with Crippen molar-refractivity contribution in [2.45, 2.75) is 18.7 Å². The molecule has 0 N–H and O–H groups in total. The maximum absolute atomic E-state index is 13.7. The molecule has 0 aliphatic carbocycles. The summed E-state index contributed by atoms with van der Waals surface area (Å²) in [5.74, 6) is -0.304. The highest BCUT2D eigenvalue weighted by atomic mass is 35.5. The molecule has 0 spiro atoms. The van der Waals surface area contributed by atoms with E-state index in [2.05, 4.69) is 0 Å². The molecule has 0 aromatic heterocycles. The van der Waals surface area contributed by atoms with Crippen LogP contribution in [0.25, 0.3) is 0 Å². The second-order valence-corrected chi connectivity index (χ2v) is 5.16. The molecule has 2 rings (SSSR count). The van der Waals surface area contributed by atoms with E-state index >= 15 is 0 Å². The van der Waals surface area contributed by atoms with Gasteiger partial charge in [-0.15, -0.1) is 11.6 Å². The molecule has 18 heavy (non-hydrogen) atoms. The number of hydrogen-bond acceptors (Lipinski definition) is 0. The lowest BCUT2D eigenvalue weighted by Gasteiger charge is -2.14. The molecule has 94 valence electrons. The Labute approximate surface area is 116 Å². The summed E-state index contributed by atoms with van der Waals surface area (Å²) in [6, 6.07) is 12.5. The molecule has 1 atom stereocenters. The number of halogens is 3. The lowest BCUT2D eigenvalue weighted by atomic mass is 10.00. The topological polar surface area (TPSA) is 0 Å². The van der Waals surface area contributed by atoms with Crippen LogP contribution in [0.5, 0.6) is 0 Å². The minimum Gasteiger partial charge on any atom is -0.207 e. The molecule has 0 radical (unpaired) electrons. The van der Waals surface area contributed by atoms with Crippen molar-refractivity contribution in [2.24, 2.45) is 0 Å². The fourth-order valence-corrected chi connectivity index (χ4v) is 2.59. The first-order valence-electron chi connectivity index (χ1n) is 5.72. The van der Waals surface area contributed by atoms with Crippen molar-refractivity contribution in [1.82, 2.24) is 0 Å². The van der Waals surface area contributed by atoms with Crippen LogP contribution in [0.3, 0.4) is 0 Å². The van der Waals surface area contributed by atoms with E-state index in [0.717, 1.165) is 11.1 Å². The zero-order chi connectivity index (χ0) is 13.1. The SMILES string of the molecule is Cc1ccccc1C(Cl)Cc1c(F)cccc1Cl. The highest BCUT2D eigenvalue weighted by molar-refractivity contribution is 6.31. The van der Waals surface area contributed by atoms with E-state index in [0.29, 0.717) is 17.0 Å². The van der Waals surface area contributed by atoms with Gasteiger partial charge in [-0.25, -0.2) is 4.39 Å². The molecule has 0 bridgehead atoms. The molecule has 0 amide bonds. The zero-order valence-corrected chi connectivity index (χ0v) is 11.5. The van der Waals surface area contributed by atoms with E-state index < -0.39 is 0 Å². The first-order chi connectivity index (χ1) is 8.59. The Morgan fingerprint density at radius 2 is 1.83 bits per heavy atom. The van der Waals surface area contributed by atoms with Gasteiger partial charge in [-0.1, -0.05) is 41.9 Å². The van der Waals surface area contributed by atoms with Gasteiger partial charge in [-0.05, 0) is 36.6 Å². The van der Waals surface area contributed by atoms with Gasteiger partial charge < -0.3 is 0 Å². The predicted octanol–water partition coefficient (Wildman–Crippen LogP) is 5.31. The second kappa shape index (κ2) is 5.73. The quantitative estimate of drug-likeness (QED) is 0.669. The van der Waals surface area contributed by atoms with E-state index in [9.17, 15) is 4.39 Å². The third-order valence-corrected chi connectivity index (χ3v) is 3.71. The van der Waals surface area contributed by atoms with Crippen LogP contribution in [0.4, 0.5) is 4.39 Å². The van der Waals surface area contributed by atoms with Gasteiger partial charge in [0.2, 0.25) is 0 Å². The molecule has 1 unspecified atom stereocenters. The molecule has 0 fully saturated rings. The van der Waals surface area contributed by atoms with Gasteiger partial charge in [0.15, 0.2) is 0 Å². The monoisotopic (exact) mass is 282 g/mol. The van der Waals surface area contributed by atoms with Crippen LogP contribution in [0.15, 0.2) is 42.5 Å². The van der Waals surface area contributed by atoms with E-state index in [4.69, 9.17) is 23.2 Å². The van der Waals surface area contributed by atoms with E-state index in [-0.39, 0.29) is 11.2 Å². The third-order valence-electron chi connectivity index (χ3n) is 2.97. The highest BCUT2D eigenvalue weighted by Gasteiger charge is 2.15. The van der Waals surface area contributed by atoms with Gasteiger partial charge >= 0.3 is 0 Å². The Hall–Kier alpha value is -1.05. The summed E-state index contributed by atoms with van der Waals surface area (Å²) in [6.07, 6.45) is 0.387. The largest absolute Gasteiger partial charge is 0.207 e. The van der Waals surface area contributed by atoms with Crippen LogP contribution in [0.2, 0.25) is 5.02 Å². The van der Waals surface area contributed by atoms with Gasteiger partial charge in [0.25, 0.3) is 0 Å². The summed E-state index contributed by atoms with van der Waals surface area (Å²) in [5, 5.41) is 0.148. The van der Waals surface area contributed by atoms with Gasteiger partial charge in [0.1, 0.15) is 5.82 Å². The summed E-state index contributed by atoms with van der Waals surface area (Å²) in [6.45, 7) is 1.99. The predicted molar refractivity (Wildman–Crippen MR) is 74.9 cm³/mol. The molecule has 3 heteroatoms. The Morgan fingerprint density at radius 3 is 2.50 bits per heavy atom. The normalized spacial score (nSPS) is 12.4. The average Bonchev–Trinajstić information content (AvgIpc) is 2.34. The molecule has 0 saturated heterocycles. The van der Waals surface area contributed by atoms with Crippen molar-refractivity contribution >= 4 is 23.2 Å². The molecule has 2 aromatic rings. The molecular weight excluding hydrogens is 270 g/mol. The molecule has 2 aromatic carbocycles. The number of rotatable bonds is 3. The first-order valence-corrected chi connectivity index (χ1v) is 6.53. The Morgan fingerprint density at radius 1 is 1.11 bits per heavy atom. The lowest BCUT2D eigenvalue weighted by Crippen LogP contribution is -2.01. The minimum atomic E-state index is -0.304. The van der Waals surface area contributed by atoms with Crippen molar-refractivity contribution < 1.29 is 4.39 Å². The van der Waals surface area contributed by atoms with Crippen molar-refractivity contribution in [3.63, 3.8) is 0 Å². The summed E-state index contributed by atoms with van der Waals surface area (Å²) in [5.41, 5.74) is 2.59. The maximum Gasteiger partial charge on any atom is 0.127 e. The van der Waals surface area contributed by atoms with Crippen molar-refractivity contribution in [1.29, 1.82) is 0 Å². The van der Waals surface area contributed by atoms with E-state index in [1.165, 1.54) is 6.07 Å².